The maximum atomic E-state index is 13.6. The summed E-state index contributed by atoms with van der Waals surface area (Å²) in [4.78, 5) is 51.5. The van der Waals surface area contributed by atoms with Crippen molar-refractivity contribution in [2.24, 2.45) is 11.8 Å². The molecule has 7 rings (SSSR count). The number of fused-ring (bicyclic) bond motifs is 2. The number of benzene rings is 2. The minimum atomic E-state index is -0.684. The largest absolute Gasteiger partial charge is 0.483 e. The number of likely N-dealkylation sites (tertiary alicyclic amines) is 2. The van der Waals surface area contributed by atoms with E-state index in [0.29, 0.717) is 18.3 Å². The fourth-order valence-corrected chi connectivity index (χ4v) is 8.11. The van der Waals surface area contributed by atoms with E-state index in [1.807, 2.05) is 43.3 Å². The number of aromatic amines is 2. The molecule has 13 nitrogen and oxygen atoms in total. The Morgan fingerprint density at radius 3 is 1.98 bits per heavy atom. The lowest BCUT2D eigenvalue weighted by atomic mass is 10.00. The number of methoxy groups -OCH3 is 2. The van der Waals surface area contributed by atoms with Gasteiger partial charge in [0.1, 0.15) is 17.7 Å². The van der Waals surface area contributed by atoms with Crippen LogP contribution < -0.4 is 10.6 Å². The molecule has 0 unspecified atom stereocenters. The monoisotopic (exact) mass is 759 g/mol. The van der Waals surface area contributed by atoms with Crippen LogP contribution in [0.4, 0.5) is 4.79 Å². The Morgan fingerprint density at radius 2 is 1.36 bits per heavy atom. The third-order valence-electron chi connectivity index (χ3n) is 11.2. The van der Waals surface area contributed by atoms with Gasteiger partial charge in [-0.2, -0.15) is 0 Å². The van der Waals surface area contributed by atoms with E-state index in [9.17, 15) is 9.59 Å². The van der Waals surface area contributed by atoms with Crippen molar-refractivity contribution in [1.82, 2.24) is 45.4 Å². The van der Waals surface area contributed by atoms with Crippen LogP contribution in [0, 0.1) is 11.8 Å². The van der Waals surface area contributed by atoms with Crippen molar-refractivity contribution in [2.75, 3.05) is 27.3 Å². The highest BCUT2D eigenvalue weighted by molar-refractivity contribution is 5.96. The van der Waals surface area contributed by atoms with Crippen molar-refractivity contribution < 1.29 is 19.1 Å². The molecule has 2 aliphatic heterocycles. The fraction of sp³-hybridized carbons (Fsp3) is 0.419. The molecule has 294 valence electrons. The molecule has 4 N–H and O–H groups in total. The minimum Gasteiger partial charge on any atom is -0.483 e. The molecule has 0 saturated carbocycles. The summed E-state index contributed by atoms with van der Waals surface area (Å²) in [6.45, 7) is 18.1. The van der Waals surface area contributed by atoms with Crippen LogP contribution in [0.1, 0.15) is 77.1 Å². The second-order valence-corrected chi connectivity index (χ2v) is 15.6. The number of hydrogen-bond donors (Lipinski definition) is 4. The average Bonchev–Trinajstić information content (AvgIpc) is 4.03. The van der Waals surface area contributed by atoms with Crippen LogP contribution >= 0.6 is 0 Å². The number of aromatic nitrogens is 5. The molecular weight excluding hydrogens is 707 g/mol. The predicted molar refractivity (Wildman–Crippen MR) is 218 cm³/mol. The second kappa shape index (κ2) is 16.1. The Bertz CT molecular complexity index is 2100. The number of alkyl carbamates (subject to hydrolysis) is 1. The zero-order valence-corrected chi connectivity index (χ0v) is 33.2. The molecule has 2 aliphatic rings. The number of nitrogens with one attached hydrogen (secondary N) is 4. The summed E-state index contributed by atoms with van der Waals surface area (Å²) in [5, 5.41) is 8.15. The third-order valence-corrected chi connectivity index (χ3v) is 11.2. The van der Waals surface area contributed by atoms with Crippen LogP contribution in [0.2, 0.25) is 0 Å². The van der Waals surface area contributed by atoms with Gasteiger partial charge in [0.2, 0.25) is 5.91 Å². The number of pyridine rings is 1. The average molecular weight is 760 g/mol. The Labute approximate surface area is 328 Å². The molecule has 13 heteroatoms. The number of nitrogens with zero attached hydrogens (tertiary/aromatic N) is 5. The number of rotatable bonds is 13. The molecule has 2 saturated heterocycles. The SMILES string of the molecule is C=C(N[C@H](C(=C)N1CCC[C@H]1c1ncc(-c2ccc3cc4cc(-c5cnc([C@@H]6CCCN6C(=O)[C@@H](NC(=O)OC)C(C)C)[nH]5)ccc4nc3c2)[nH]1)C(C)C)OC. The zero-order valence-electron chi connectivity index (χ0n) is 33.2. The van der Waals surface area contributed by atoms with Crippen molar-refractivity contribution in [3.63, 3.8) is 0 Å². The molecule has 56 heavy (non-hydrogen) atoms. The van der Waals surface area contributed by atoms with Gasteiger partial charge in [-0.25, -0.2) is 19.7 Å². The van der Waals surface area contributed by atoms with E-state index in [2.05, 4.69) is 82.8 Å². The van der Waals surface area contributed by atoms with E-state index in [4.69, 9.17) is 24.4 Å². The van der Waals surface area contributed by atoms with Crippen LogP contribution in [0.25, 0.3) is 44.3 Å². The second-order valence-electron chi connectivity index (χ2n) is 15.6. The molecule has 3 aromatic heterocycles. The maximum Gasteiger partial charge on any atom is 0.407 e. The van der Waals surface area contributed by atoms with Crippen molar-refractivity contribution >= 4 is 33.8 Å². The van der Waals surface area contributed by atoms with Gasteiger partial charge in [0.05, 0.1) is 67.2 Å². The van der Waals surface area contributed by atoms with Gasteiger partial charge in [-0.05, 0) is 68.4 Å². The predicted octanol–water partition coefficient (Wildman–Crippen LogP) is 7.59. The number of ether oxygens (including phenoxy) is 2. The molecule has 0 spiro atoms. The van der Waals surface area contributed by atoms with Crippen LogP contribution in [0.15, 0.2) is 79.6 Å². The molecule has 4 atom stereocenters. The van der Waals surface area contributed by atoms with Gasteiger partial charge in [-0.1, -0.05) is 52.5 Å². The standard InChI is InChI=1S/C43H53N9O4/c1-24(2)38(46-27(6)55-7)26(5)51-17-9-11-36(51)40-44-23-35(49-40)30-14-13-28-19-31-20-29(15-16-32(31)47-33(28)21-30)34-22-45-41(48-34)37-12-10-18-52(37)42(53)39(25(3)4)50-43(54)56-8/h13-16,19-25,36-39,46H,5-6,9-12,17-18H2,1-4,7-8H3,(H,44,49)(H,45,48)(H,50,54)/t36-,37-,38-,39-/m0/s1. The maximum absolute atomic E-state index is 13.6. The van der Waals surface area contributed by atoms with Gasteiger partial charge in [0.25, 0.3) is 0 Å². The lowest BCUT2D eigenvalue weighted by Gasteiger charge is -2.35. The van der Waals surface area contributed by atoms with Gasteiger partial charge >= 0.3 is 6.09 Å². The van der Waals surface area contributed by atoms with Gasteiger partial charge in [-0.15, -0.1) is 0 Å². The molecule has 5 aromatic rings. The molecule has 0 radical (unpaired) electrons. The molecule has 0 aliphatic carbocycles. The Balaban J connectivity index is 1.08. The summed E-state index contributed by atoms with van der Waals surface area (Å²) in [5.41, 5.74) is 6.60. The molecule has 2 amide bonds. The Hall–Kier alpha value is -5.85. The summed E-state index contributed by atoms with van der Waals surface area (Å²) in [6, 6.07) is 13.9. The van der Waals surface area contributed by atoms with E-state index >= 15 is 0 Å². The van der Waals surface area contributed by atoms with E-state index in [1.165, 1.54) is 7.11 Å². The van der Waals surface area contributed by atoms with E-state index in [1.54, 1.807) is 7.11 Å². The number of carbonyl (C=O) groups is 2. The third kappa shape index (κ3) is 7.67. The van der Waals surface area contributed by atoms with Crippen molar-refractivity contribution in [1.29, 1.82) is 0 Å². The Morgan fingerprint density at radius 1 is 0.750 bits per heavy atom. The lowest BCUT2D eigenvalue weighted by Crippen LogP contribution is -2.51. The minimum absolute atomic E-state index is 0.00564. The van der Waals surface area contributed by atoms with E-state index in [-0.39, 0.29) is 30.0 Å². The number of carbonyl (C=O) groups excluding carboxylic acids is 2. The van der Waals surface area contributed by atoms with E-state index in [0.717, 1.165) is 93.9 Å². The summed E-state index contributed by atoms with van der Waals surface area (Å²) < 4.78 is 10.1. The first-order chi connectivity index (χ1) is 26.9. The summed E-state index contributed by atoms with van der Waals surface area (Å²) in [5.74, 6) is 2.25. The molecule has 2 fully saturated rings. The number of H-pyrrole nitrogens is 2. The van der Waals surface area contributed by atoms with Crippen molar-refractivity contribution in [2.45, 2.75) is 77.5 Å². The summed E-state index contributed by atoms with van der Waals surface area (Å²) >= 11 is 0. The first-order valence-electron chi connectivity index (χ1n) is 19.5. The molecule has 0 bridgehead atoms. The van der Waals surface area contributed by atoms with Gasteiger partial charge in [0.15, 0.2) is 5.88 Å². The first kappa shape index (κ1) is 38.4. The quantitative estimate of drug-likeness (QED) is 0.0703. The van der Waals surface area contributed by atoms with Crippen LogP contribution in [-0.2, 0) is 14.3 Å². The van der Waals surface area contributed by atoms with Crippen LogP contribution in [-0.4, -0.2) is 86.1 Å². The van der Waals surface area contributed by atoms with Gasteiger partial charge < -0.3 is 39.9 Å². The highest BCUT2D eigenvalue weighted by atomic mass is 16.5. The van der Waals surface area contributed by atoms with Crippen molar-refractivity contribution in [3.05, 3.63) is 91.2 Å². The summed E-state index contributed by atoms with van der Waals surface area (Å²) in [7, 11) is 2.92. The topological polar surface area (TPSA) is 153 Å². The number of amides is 2. The molecule has 2 aromatic carbocycles. The molecular formula is C43H53N9O4. The highest BCUT2D eigenvalue weighted by Crippen LogP contribution is 2.37. The van der Waals surface area contributed by atoms with Gasteiger partial charge in [0, 0.05) is 40.7 Å². The van der Waals surface area contributed by atoms with Crippen molar-refractivity contribution in [3.8, 4) is 22.5 Å². The van der Waals surface area contributed by atoms with E-state index < -0.39 is 12.1 Å². The number of imidazole rings is 2. The number of hydrogen-bond acceptors (Lipinski definition) is 9. The normalized spacial score (nSPS) is 18.1. The highest BCUT2D eigenvalue weighted by Gasteiger charge is 2.38. The Kier molecular flexibility index (Phi) is 11.0. The smallest absolute Gasteiger partial charge is 0.407 e. The summed E-state index contributed by atoms with van der Waals surface area (Å²) in [6.07, 6.45) is 6.80. The molecule has 5 heterocycles. The first-order valence-corrected chi connectivity index (χ1v) is 19.5. The van der Waals surface area contributed by atoms with Crippen LogP contribution in [0.3, 0.4) is 0 Å². The fourth-order valence-electron chi connectivity index (χ4n) is 8.11. The zero-order chi connectivity index (χ0) is 39.7. The lowest BCUT2D eigenvalue weighted by molar-refractivity contribution is -0.135. The van der Waals surface area contributed by atoms with Gasteiger partial charge in [-0.3, -0.25) is 4.79 Å². The van der Waals surface area contributed by atoms with Crippen LogP contribution in [0.5, 0.6) is 0 Å².